The molecule has 0 saturated carbocycles. The van der Waals surface area contributed by atoms with Gasteiger partial charge in [0.2, 0.25) is 10.0 Å². The first-order valence-electron chi connectivity index (χ1n) is 7.52. The van der Waals surface area contributed by atoms with E-state index in [4.69, 9.17) is 5.73 Å². The van der Waals surface area contributed by atoms with Crippen molar-refractivity contribution in [3.63, 3.8) is 0 Å². The molecule has 21 heavy (non-hydrogen) atoms. The highest BCUT2D eigenvalue weighted by molar-refractivity contribution is 7.89. The van der Waals surface area contributed by atoms with Gasteiger partial charge in [-0.25, -0.2) is 8.42 Å². The SMILES string of the molecule is CCC(C)N1CCN(S(=O)(=O)c2ccc(CN)cc2)CC1. The largest absolute Gasteiger partial charge is 0.326 e. The van der Waals surface area contributed by atoms with Crippen molar-refractivity contribution in [3.05, 3.63) is 29.8 Å². The molecule has 2 rings (SSSR count). The topological polar surface area (TPSA) is 66.6 Å². The van der Waals surface area contributed by atoms with Gasteiger partial charge in [0, 0.05) is 38.8 Å². The number of rotatable bonds is 5. The fourth-order valence-electron chi connectivity index (χ4n) is 2.59. The molecule has 1 atom stereocenters. The molecule has 1 fully saturated rings. The van der Waals surface area contributed by atoms with E-state index in [0.29, 0.717) is 30.6 Å². The van der Waals surface area contributed by atoms with E-state index in [2.05, 4.69) is 18.7 Å². The average molecular weight is 311 g/mol. The molecular formula is C15H25N3O2S. The number of nitrogens with zero attached hydrogens (tertiary/aromatic N) is 2. The van der Waals surface area contributed by atoms with E-state index in [1.54, 1.807) is 28.6 Å². The number of piperazine rings is 1. The molecule has 5 nitrogen and oxygen atoms in total. The number of nitrogens with two attached hydrogens (primary N) is 1. The normalized spacial score (nSPS) is 19.6. The summed E-state index contributed by atoms with van der Waals surface area (Å²) in [6, 6.07) is 7.38. The van der Waals surface area contributed by atoms with Crippen molar-refractivity contribution in [3.8, 4) is 0 Å². The maximum absolute atomic E-state index is 12.6. The van der Waals surface area contributed by atoms with Gasteiger partial charge in [-0.05, 0) is 31.0 Å². The zero-order chi connectivity index (χ0) is 15.5. The van der Waals surface area contributed by atoms with Crippen LogP contribution >= 0.6 is 0 Å². The lowest BCUT2D eigenvalue weighted by Gasteiger charge is -2.37. The molecule has 1 saturated heterocycles. The lowest BCUT2D eigenvalue weighted by atomic mass is 10.2. The third kappa shape index (κ3) is 3.63. The molecule has 0 bridgehead atoms. The van der Waals surface area contributed by atoms with Gasteiger partial charge < -0.3 is 5.73 Å². The van der Waals surface area contributed by atoms with Crippen molar-refractivity contribution in [1.82, 2.24) is 9.21 Å². The highest BCUT2D eigenvalue weighted by atomic mass is 32.2. The average Bonchev–Trinajstić information content (AvgIpc) is 2.54. The fourth-order valence-corrected chi connectivity index (χ4v) is 4.01. The minimum absolute atomic E-state index is 0.358. The Labute approximate surface area is 127 Å². The van der Waals surface area contributed by atoms with Gasteiger partial charge in [0.1, 0.15) is 0 Å². The van der Waals surface area contributed by atoms with Crippen LogP contribution in [0, 0.1) is 0 Å². The van der Waals surface area contributed by atoms with E-state index < -0.39 is 10.0 Å². The molecular weight excluding hydrogens is 286 g/mol. The van der Waals surface area contributed by atoms with Crippen LogP contribution in [0.5, 0.6) is 0 Å². The number of sulfonamides is 1. The number of hydrogen-bond donors (Lipinski definition) is 1. The molecule has 118 valence electrons. The van der Waals surface area contributed by atoms with Gasteiger partial charge in [0.25, 0.3) is 0 Å². The molecule has 1 aromatic carbocycles. The lowest BCUT2D eigenvalue weighted by Crippen LogP contribution is -2.51. The van der Waals surface area contributed by atoms with Crippen LogP contribution in [0.4, 0.5) is 0 Å². The summed E-state index contributed by atoms with van der Waals surface area (Å²) < 4.78 is 26.8. The third-order valence-corrected chi connectivity index (χ3v) is 6.20. The van der Waals surface area contributed by atoms with Crippen molar-refractivity contribution >= 4 is 10.0 Å². The first kappa shape index (κ1) is 16.4. The molecule has 0 amide bonds. The molecule has 1 aliphatic rings. The second-order valence-electron chi connectivity index (χ2n) is 5.55. The van der Waals surface area contributed by atoms with Crippen molar-refractivity contribution in [1.29, 1.82) is 0 Å². The molecule has 2 N–H and O–H groups in total. The van der Waals surface area contributed by atoms with Gasteiger partial charge in [0.05, 0.1) is 4.90 Å². The van der Waals surface area contributed by atoms with Crippen LogP contribution in [0.25, 0.3) is 0 Å². The van der Waals surface area contributed by atoms with Gasteiger partial charge in [-0.15, -0.1) is 0 Å². The maximum Gasteiger partial charge on any atom is 0.243 e. The zero-order valence-electron chi connectivity index (χ0n) is 12.8. The zero-order valence-corrected chi connectivity index (χ0v) is 13.6. The molecule has 1 aromatic rings. The van der Waals surface area contributed by atoms with E-state index >= 15 is 0 Å². The standard InChI is InChI=1S/C15H25N3O2S/c1-3-13(2)17-8-10-18(11-9-17)21(19,20)15-6-4-14(12-16)5-7-15/h4-7,13H,3,8-12,16H2,1-2H3. The van der Waals surface area contributed by atoms with Crippen LogP contribution in [0.1, 0.15) is 25.8 Å². The molecule has 0 aromatic heterocycles. The second kappa shape index (κ2) is 6.87. The molecule has 0 spiro atoms. The van der Waals surface area contributed by atoms with Gasteiger partial charge >= 0.3 is 0 Å². The summed E-state index contributed by atoms with van der Waals surface area (Å²) in [5, 5.41) is 0. The molecule has 1 unspecified atom stereocenters. The van der Waals surface area contributed by atoms with Crippen LogP contribution in [0.15, 0.2) is 29.2 Å². The lowest BCUT2D eigenvalue weighted by molar-refractivity contribution is 0.142. The van der Waals surface area contributed by atoms with E-state index in [1.165, 1.54) is 0 Å². The maximum atomic E-state index is 12.6. The third-order valence-electron chi connectivity index (χ3n) is 4.28. The molecule has 6 heteroatoms. The van der Waals surface area contributed by atoms with Crippen LogP contribution in [0.2, 0.25) is 0 Å². The summed E-state index contributed by atoms with van der Waals surface area (Å²) in [5.41, 5.74) is 6.48. The Balaban J connectivity index is 2.07. The van der Waals surface area contributed by atoms with Gasteiger partial charge in [-0.1, -0.05) is 19.1 Å². The molecule has 0 radical (unpaired) electrons. The first-order valence-corrected chi connectivity index (χ1v) is 8.96. The predicted octanol–water partition coefficient (Wildman–Crippen LogP) is 1.25. The van der Waals surface area contributed by atoms with E-state index in [-0.39, 0.29) is 0 Å². The highest BCUT2D eigenvalue weighted by Crippen LogP contribution is 2.19. The molecule has 1 heterocycles. The summed E-state index contributed by atoms with van der Waals surface area (Å²) in [7, 11) is -3.38. The number of benzene rings is 1. The van der Waals surface area contributed by atoms with Crippen LogP contribution in [-0.2, 0) is 16.6 Å². The Bertz CT molecular complexity index is 549. The monoisotopic (exact) mass is 311 g/mol. The van der Waals surface area contributed by atoms with Crippen LogP contribution < -0.4 is 5.73 Å². The Morgan fingerprint density at radius 2 is 1.71 bits per heavy atom. The number of hydrogen-bond acceptors (Lipinski definition) is 4. The summed E-state index contributed by atoms with van der Waals surface area (Å²) >= 11 is 0. The minimum Gasteiger partial charge on any atom is -0.326 e. The summed E-state index contributed by atoms with van der Waals surface area (Å²) in [5.74, 6) is 0. The summed E-state index contributed by atoms with van der Waals surface area (Å²) in [6.07, 6.45) is 1.09. The van der Waals surface area contributed by atoms with Gasteiger partial charge in [-0.3, -0.25) is 4.90 Å². The fraction of sp³-hybridized carbons (Fsp3) is 0.600. The summed E-state index contributed by atoms with van der Waals surface area (Å²) in [4.78, 5) is 2.71. The Morgan fingerprint density at radius 3 is 2.19 bits per heavy atom. The van der Waals surface area contributed by atoms with E-state index in [1.807, 2.05) is 0 Å². The smallest absolute Gasteiger partial charge is 0.243 e. The van der Waals surface area contributed by atoms with Crippen molar-refractivity contribution in [2.45, 2.75) is 37.8 Å². The van der Waals surface area contributed by atoms with Crippen molar-refractivity contribution < 1.29 is 8.42 Å². The Morgan fingerprint density at radius 1 is 1.14 bits per heavy atom. The minimum atomic E-state index is -3.38. The quantitative estimate of drug-likeness (QED) is 0.889. The van der Waals surface area contributed by atoms with Crippen molar-refractivity contribution in [2.75, 3.05) is 26.2 Å². The van der Waals surface area contributed by atoms with E-state index in [0.717, 1.165) is 25.1 Å². The van der Waals surface area contributed by atoms with Crippen molar-refractivity contribution in [2.24, 2.45) is 5.73 Å². The van der Waals surface area contributed by atoms with E-state index in [9.17, 15) is 8.42 Å². The molecule has 0 aliphatic carbocycles. The first-order chi connectivity index (χ1) is 9.98. The van der Waals surface area contributed by atoms with Crippen LogP contribution in [0.3, 0.4) is 0 Å². The van der Waals surface area contributed by atoms with Gasteiger partial charge in [0.15, 0.2) is 0 Å². The van der Waals surface area contributed by atoms with Gasteiger partial charge in [-0.2, -0.15) is 4.31 Å². The highest BCUT2D eigenvalue weighted by Gasteiger charge is 2.29. The molecule has 1 aliphatic heterocycles. The Hall–Kier alpha value is -0.950. The van der Waals surface area contributed by atoms with Crippen LogP contribution in [-0.4, -0.2) is 49.8 Å². The second-order valence-corrected chi connectivity index (χ2v) is 7.48. The predicted molar refractivity (Wildman–Crippen MR) is 84.4 cm³/mol. The Kier molecular flexibility index (Phi) is 5.37. The summed E-state index contributed by atoms with van der Waals surface area (Å²) in [6.45, 7) is 7.50.